The standard InChI is InChI=1S/C19H13N/c1-4-14(5-2)19-15-10-6-8-12-17(15)20(3)18-13-9-7-11-16(18)19/h1-2,6-13H,3H3. The van der Waals surface area contributed by atoms with Gasteiger partial charge in [-0.25, -0.2) is 0 Å². The fourth-order valence-corrected chi connectivity index (χ4v) is 2.69. The van der Waals surface area contributed by atoms with Gasteiger partial charge in [-0.3, -0.25) is 0 Å². The molecular formula is C19H13N. The van der Waals surface area contributed by atoms with Crippen LogP contribution in [0.25, 0.3) is 5.57 Å². The van der Waals surface area contributed by atoms with Gasteiger partial charge in [0.2, 0.25) is 0 Å². The molecule has 0 amide bonds. The number of benzene rings is 2. The molecule has 0 spiro atoms. The molecule has 0 saturated heterocycles. The predicted molar refractivity (Wildman–Crippen MR) is 84.6 cm³/mol. The number of terminal acetylenes is 2. The number of rotatable bonds is 0. The molecule has 0 saturated carbocycles. The highest BCUT2D eigenvalue weighted by atomic mass is 15.1. The van der Waals surface area contributed by atoms with Gasteiger partial charge in [0, 0.05) is 35.1 Å². The summed E-state index contributed by atoms with van der Waals surface area (Å²) in [5.74, 6) is 5.29. The van der Waals surface area contributed by atoms with E-state index < -0.39 is 0 Å². The van der Waals surface area contributed by atoms with E-state index in [0.717, 1.165) is 28.1 Å². The maximum absolute atomic E-state index is 5.60. The van der Waals surface area contributed by atoms with Crippen LogP contribution < -0.4 is 4.90 Å². The van der Waals surface area contributed by atoms with Crippen LogP contribution >= 0.6 is 0 Å². The van der Waals surface area contributed by atoms with Gasteiger partial charge in [-0.15, -0.1) is 12.8 Å². The maximum atomic E-state index is 5.60. The molecule has 20 heavy (non-hydrogen) atoms. The van der Waals surface area contributed by atoms with Crippen LogP contribution in [-0.2, 0) is 0 Å². The van der Waals surface area contributed by atoms with Gasteiger partial charge in [0.05, 0.1) is 5.57 Å². The molecule has 1 aliphatic rings. The zero-order chi connectivity index (χ0) is 14.1. The Morgan fingerprint density at radius 1 is 0.850 bits per heavy atom. The summed E-state index contributed by atoms with van der Waals surface area (Å²) in [5.41, 5.74) is 5.96. The van der Waals surface area contributed by atoms with Crippen molar-refractivity contribution in [3.63, 3.8) is 0 Å². The maximum Gasteiger partial charge on any atom is 0.0824 e. The molecule has 0 aromatic heterocycles. The third-order valence-corrected chi connectivity index (χ3v) is 3.61. The number of fused-ring (bicyclic) bond motifs is 2. The Kier molecular flexibility index (Phi) is 2.82. The summed E-state index contributed by atoms with van der Waals surface area (Å²) in [7, 11) is 2.06. The Labute approximate surface area is 119 Å². The van der Waals surface area contributed by atoms with Crippen LogP contribution in [0.2, 0.25) is 0 Å². The van der Waals surface area contributed by atoms with E-state index in [0.29, 0.717) is 5.57 Å². The lowest BCUT2D eigenvalue weighted by molar-refractivity contribution is 1.17. The van der Waals surface area contributed by atoms with Gasteiger partial charge in [-0.1, -0.05) is 48.2 Å². The van der Waals surface area contributed by atoms with Gasteiger partial charge in [0.1, 0.15) is 0 Å². The highest BCUT2D eigenvalue weighted by Crippen LogP contribution is 2.44. The van der Waals surface area contributed by atoms with Gasteiger partial charge in [-0.05, 0) is 12.1 Å². The first-order valence-corrected chi connectivity index (χ1v) is 6.38. The lowest BCUT2D eigenvalue weighted by atomic mass is 9.87. The molecule has 2 aromatic rings. The van der Waals surface area contributed by atoms with Gasteiger partial charge >= 0.3 is 0 Å². The van der Waals surface area contributed by atoms with Crippen LogP contribution in [0.4, 0.5) is 11.4 Å². The number of hydrogen-bond donors (Lipinski definition) is 0. The van der Waals surface area contributed by atoms with E-state index in [1.54, 1.807) is 0 Å². The largest absolute Gasteiger partial charge is 0.344 e. The molecule has 0 bridgehead atoms. The fraction of sp³-hybridized carbons (Fsp3) is 0.0526. The first kappa shape index (κ1) is 12.2. The summed E-state index contributed by atoms with van der Waals surface area (Å²) in [6.07, 6.45) is 11.2. The van der Waals surface area contributed by atoms with Crippen LogP contribution in [-0.4, -0.2) is 7.05 Å². The number of nitrogens with zero attached hydrogens (tertiary/aromatic N) is 1. The smallest absolute Gasteiger partial charge is 0.0824 e. The Balaban J connectivity index is 2.44. The third kappa shape index (κ3) is 1.62. The molecule has 0 unspecified atom stereocenters. The van der Waals surface area contributed by atoms with E-state index in [1.165, 1.54) is 0 Å². The van der Waals surface area contributed by atoms with Crippen molar-refractivity contribution in [2.75, 3.05) is 11.9 Å². The average molecular weight is 255 g/mol. The van der Waals surface area contributed by atoms with Crippen molar-refractivity contribution in [2.24, 2.45) is 0 Å². The van der Waals surface area contributed by atoms with Crippen LogP contribution in [0, 0.1) is 24.7 Å². The van der Waals surface area contributed by atoms with E-state index in [9.17, 15) is 0 Å². The van der Waals surface area contributed by atoms with E-state index in [4.69, 9.17) is 12.8 Å². The molecule has 1 heterocycles. The molecule has 94 valence electrons. The second kappa shape index (κ2) is 4.65. The Bertz CT molecular complexity index is 732. The van der Waals surface area contributed by atoms with Crippen molar-refractivity contribution in [1.29, 1.82) is 0 Å². The molecule has 0 fully saturated rings. The monoisotopic (exact) mass is 255 g/mol. The van der Waals surface area contributed by atoms with E-state index in [2.05, 4.69) is 48.1 Å². The second-order valence-electron chi connectivity index (χ2n) is 4.63. The van der Waals surface area contributed by atoms with Gasteiger partial charge in [0.25, 0.3) is 0 Å². The average Bonchev–Trinajstić information content (AvgIpc) is 2.51. The zero-order valence-corrected chi connectivity index (χ0v) is 11.2. The molecule has 3 rings (SSSR count). The second-order valence-corrected chi connectivity index (χ2v) is 4.63. The quantitative estimate of drug-likeness (QED) is 0.647. The van der Waals surface area contributed by atoms with Crippen molar-refractivity contribution in [1.82, 2.24) is 0 Å². The number of anilines is 2. The van der Waals surface area contributed by atoms with E-state index >= 15 is 0 Å². The molecular weight excluding hydrogens is 242 g/mol. The van der Waals surface area contributed by atoms with Crippen LogP contribution in [0.1, 0.15) is 11.1 Å². The molecule has 0 radical (unpaired) electrons. The topological polar surface area (TPSA) is 3.24 Å². The number of hydrogen-bond acceptors (Lipinski definition) is 1. The van der Waals surface area contributed by atoms with Gasteiger partial charge in [-0.2, -0.15) is 0 Å². The molecule has 0 N–H and O–H groups in total. The lowest BCUT2D eigenvalue weighted by Crippen LogP contribution is -2.18. The van der Waals surface area contributed by atoms with Crippen molar-refractivity contribution in [3.05, 3.63) is 65.2 Å². The third-order valence-electron chi connectivity index (χ3n) is 3.61. The Morgan fingerprint density at radius 2 is 1.30 bits per heavy atom. The fourth-order valence-electron chi connectivity index (χ4n) is 2.69. The minimum Gasteiger partial charge on any atom is -0.344 e. The molecule has 1 nitrogen and oxygen atoms in total. The molecule has 2 aromatic carbocycles. The first-order valence-electron chi connectivity index (χ1n) is 6.38. The Morgan fingerprint density at radius 3 is 1.75 bits per heavy atom. The van der Waals surface area contributed by atoms with E-state index in [-0.39, 0.29) is 0 Å². The summed E-state index contributed by atoms with van der Waals surface area (Å²) in [4.78, 5) is 2.17. The summed E-state index contributed by atoms with van der Waals surface area (Å²) in [5, 5.41) is 0. The van der Waals surface area contributed by atoms with E-state index in [1.807, 2.05) is 24.3 Å². The van der Waals surface area contributed by atoms with Crippen molar-refractivity contribution in [2.45, 2.75) is 0 Å². The highest BCUT2D eigenvalue weighted by Gasteiger charge is 2.25. The normalized spacial score (nSPS) is 11.9. The zero-order valence-electron chi connectivity index (χ0n) is 11.2. The van der Waals surface area contributed by atoms with Crippen molar-refractivity contribution >= 4 is 16.9 Å². The van der Waals surface area contributed by atoms with Crippen LogP contribution in [0.15, 0.2) is 54.1 Å². The SMILES string of the molecule is C#CC(C#C)=C1c2ccccc2N(C)c2ccccc21. The first-order chi connectivity index (χ1) is 9.77. The summed E-state index contributed by atoms with van der Waals surface area (Å²) < 4.78 is 0. The summed E-state index contributed by atoms with van der Waals surface area (Å²) >= 11 is 0. The molecule has 1 aliphatic heterocycles. The predicted octanol–water partition coefficient (Wildman–Crippen LogP) is 3.84. The van der Waals surface area contributed by atoms with Crippen LogP contribution in [0.5, 0.6) is 0 Å². The summed E-state index contributed by atoms with van der Waals surface area (Å²) in [6, 6.07) is 16.3. The molecule has 0 aliphatic carbocycles. The van der Waals surface area contributed by atoms with Gasteiger partial charge in [0.15, 0.2) is 0 Å². The summed E-state index contributed by atoms with van der Waals surface area (Å²) in [6.45, 7) is 0. The number of para-hydroxylation sites is 2. The Hall–Kier alpha value is -2.90. The van der Waals surface area contributed by atoms with Crippen molar-refractivity contribution < 1.29 is 0 Å². The minimum absolute atomic E-state index is 0.595. The van der Waals surface area contributed by atoms with Gasteiger partial charge < -0.3 is 4.90 Å². The lowest BCUT2D eigenvalue weighted by Gasteiger charge is -2.32. The number of allylic oxidation sites excluding steroid dienone is 1. The molecule has 0 atom stereocenters. The highest BCUT2D eigenvalue weighted by molar-refractivity contribution is 6.00. The van der Waals surface area contributed by atoms with Crippen molar-refractivity contribution in [3.8, 4) is 24.7 Å². The molecule has 1 heteroatoms. The minimum atomic E-state index is 0.595. The van der Waals surface area contributed by atoms with Crippen LogP contribution in [0.3, 0.4) is 0 Å².